The standard InChI is InChI=1S/C27H30N2O5/c1-4-32-27(31)26-19(3)29(20-9-7-18(2)8-10-20)25-12-11-22(14-24(25)26)34-17-21(30)15-28-16-23-6-5-13-33-23/h5-14,21,28,30H,4,15-17H2,1-3H3/t21-/m1/s1. The van der Waals surface area contributed by atoms with E-state index in [2.05, 4.69) is 9.88 Å². The Morgan fingerprint density at radius 3 is 2.65 bits per heavy atom. The molecule has 2 aromatic carbocycles. The quantitative estimate of drug-likeness (QED) is 0.337. The first-order chi connectivity index (χ1) is 16.5. The molecule has 2 aromatic heterocycles. The van der Waals surface area contributed by atoms with Crippen LogP contribution in [0.15, 0.2) is 65.3 Å². The van der Waals surface area contributed by atoms with Crippen molar-refractivity contribution in [2.24, 2.45) is 0 Å². The Hall–Kier alpha value is -3.55. The van der Waals surface area contributed by atoms with Crippen molar-refractivity contribution in [2.45, 2.75) is 33.4 Å². The number of aliphatic hydroxyl groups is 1. The Morgan fingerprint density at radius 2 is 1.94 bits per heavy atom. The van der Waals surface area contributed by atoms with Gasteiger partial charge in [-0.3, -0.25) is 0 Å². The monoisotopic (exact) mass is 462 g/mol. The molecule has 178 valence electrons. The van der Waals surface area contributed by atoms with Crippen molar-refractivity contribution in [3.8, 4) is 11.4 Å². The molecule has 0 bridgehead atoms. The van der Waals surface area contributed by atoms with Gasteiger partial charge in [0.2, 0.25) is 0 Å². The molecule has 0 aliphatic carbocycles. The molecule has 0 aliphatic rings. The molecular weight excluding hydrogens is 432 g/mol. The van der Waals surface area contributed by atoms with Gasteiger partial charge in [0.15, 0.2) is 0 Å². The maximum absolute atomic E-state index is 12.8. The summed E-state index contributed by atoms with van der Waals surface area (Å²) >= 11 is 0. The highest BCUT2D eigenvalue weighted by atomic mass is 16.5. The molecule has 0 spiro atoms. The number of furan rings is 1. The predicted molar refractivity (Wildman–Crippen MR) is 131 cm³/mol. The van der Waals surface area contributed by atoms with Gasteiger partial charge >= 0.3 is 5.97 Å². The van der Waals surface area contributed by atoms with Gasteiger partial charge in [0.25, 0.3) is 0 Å². The first-order valence-corrected chi connectivity index (χ1v) is 11.4. The first kappa shape index (κ1) is 23.6. The highest BCUT2D eigenvalue weighted by Gasteiger charge is 2.22. The Balaban J connectivity index is 1.55. The third-order valence-electron chi connectivity index (χ3n) is 5.65. The molecule has 0 saturated carbocycles. The Kier molecular flexibility index (Phi) is 7.35. The van der Waals surface area contributed by atoms with Crippen molar-refractivity contribution in [2.75, 3.05) is 19.8 Å². The fraction of sp³-hybridized carbons (Fsp3) is 0.296. The lowest BCUT2D eigenvalue weighted by atomic mass is 10.1. The summed E-state index contributed by atoms with van der Waals surface area (Å²) in [6.07, 6.45) is 0.916. The second-order valence-electron chi connectivity index (χ2n) is 8.21. The van der Waals surface area contributed by atoms with Crippen molar-refractivity contribution in [3.05, 3.63) is 83.4 Å². The summed E-state index contributed by atoms with van der Waals surface area (Å²) < 4.78 is 18.5. The van der Waals surface area contributed by atoms with E-state index >= 15 is 0 Å². The number of fused-ring (bicyclic) bond motifs is 1. The summed E-state index contributed by atoms with van der Waals surface area (Å²) in [5.74, 6) is 1.01. The number of rotatable bonds is 10. The van der Waals surface area contributed by atoms with Crippen molar-refractivity contribution >= 4 is 16.9 Å². The van der Waals surface area contributed by atoms with Crippen LogP contribution in [0.3, 0.4) is 0 Å². The number of nitrogens with one attached hydrogen (secondary N) is 1. The molecule has 34 heavy (non-hydrogen) atoms. The number of benzene rings is 2. The van der Waals surface area contributed by atoms with Crippen LogP contribution in [-0.4, -0.2) is 41.5 Å². The third-order valence-corrected chi connectivity index (χ3v) is 5.65. The van der Waals surface area contributed by atoms with Crippen LogP contribution in [0, 0.1) is 13.8 Å². The molecule has 2 N–H and O–H groups in total. The van der Waals surface area contributed by atoms with E-state index in [1.807, 2.05) is 68.4 Å². The number of hydrogen-bond donors (Lipinski definition) is 2. The average molecular weight is 463 g/mol. The summed E-state index contributed by atoms with van der Waals surface area (Å²) in [4.78, 5) is 12.8. The van der Waals surface area contributed by atoms with Crippen molar-refractivity contribution in [3.63, 3.8) is 0 Å². The normalized spacial score (nSPS) is 12.1. The van der Waals surface area contributed by atoms with E-state index in [1.165, 1.54) is 0 Å². The lowest BCUT2D eigenvalue weighted by Gasteiger charge is -2.13. The van der Waals surface area contributed by atoms with Gasteiger partial charge in [0, 0.05) is 23.3 Å². The van der Waals surface area contributed by atoms with Crippen molar-refractivity contribution in [1.29, 1.82) is 0 Å². The largest absolute Gasteiger partial charge is 0.491 e. The molecule has 0 radical (unpaired) electrons. The van der Waals surface area contributed by atoms with Crippen LogP contribution in [0.1, 0.15) is 34.3 Å². The zero-order chi connectivity index (χ0) is 24.1. The number of hydrogen-bond acceptors (Lipinski definition) is 6. The maximum Gasteiger partial charge on any atom is 0.340 e. The highest BCUT2D eigenvalue weighted by molar-refractivity contribution is 6.07. The molecule has 1 atom stereocenters. The molecule has 4 aromatic rings. The summed E-state index contributed by atoms with van der Waals surface area (Å²) in [6, 6.07) is 17.5. The zero-order valence-corrected chi connectivity index (χ0v) is 19.7. The lowest BCUT2D eigenvalue weighted by Crippen LogP contribution is -2.31. The van der Waals surface area contributed by atoms with Gasteiger partial charge in [-0.15, -0.1) is 0 Å². The van der Waals surface area contributed by atoms with Crippen LogP contribution in [0.4, 0.5) is 0 Å². The number of ether oxygens (including phenoxy) is 2. The number of carbonyl (C=O) groups is 1. The van der Waals surface area contributed by atoms with Gasteiger partial charge in [-0.1, -0.05) is 17.7 Å². The zero-order valence-electron chi connectivity index (χ0n) is 19.7. The fourth-order valence-corrected chi connectivity index (χ4v) is 4.00. The van der Waals surface area contributed by atoms with E-state index in [9.17, 15) is 9.90 Å². The minimum Gasteiger partial charge on any atom is -0.491 e. The van der Waals surface area contributed by atoms with Crippen LogP contribution in [-0.2, 0) is 11.3 Å². The number of aryl methyl sites for hydroxylation is 1. The Bertz CT molecular complexity index is 1240. The topological polar surface area (TPSA) is 85.9 Å². The van der Waals surface area contributed by atoms with Gasteiger partial charge in [-0.2, -0.15) is 0 Å². The van der Waals surface area contributed by atoms with Crippen molar-refractivity contribution in [1.82, 2.24) is 9.88 Å². The molecule has 4 rings (SSSR count). The van der Waals surface area contributed by atoms with E-state index in [0.717, 1.165) is 33.6 Å². The Labute approximate surface area is 198 Å². The van der Waals surface area contributed by atoms with E-state index in [1.54, 1.807) is 13.2 Å². The first-order valence-electron chi connectivity index (χ1n) is 11.4. The van der Waals surface area contributed by atoms with Gasteiger partial charge < -0.3 is 28.9 Å². The van der Waals surface area contributed by atoms with E-state index in [4.69, 9.17) is 13.9 Å². The maximum atomic E-state index is 12.8. The van der Waals surface area contributed by atoms with Crippen LogP contribution in [0.2, 0.25) is 0 Å². The number of aliphatic hydroxyl groups excluding tert-OH is 1. The van der Waals surface area contributed by atoms with Crippen LogP contribution in [0.25, 0.3) is 16.6 Å². The Morgan fingerprint density at radius 1 is 1.15 bits per heavy atom. The molecule has 0 aliphatic heterocycles. The number of carbonyl (C=O) groups excluding carboxylic acids is 1. The molecule has 0 unspecified atom stereocenters. The van der Waals surface area contributed by atoms with E-state index in [0.29, 0.717) is 31.0 Å². The fourth-order valence-electron chi connectivity index (χ4n) is 4.00. The number of esters is 1. The summed E-state index contributed by atoms with van der Waals surface area (Å²) in [5.41, 5.74) is 4.34. The van der Waals surface area contributed by atoms with Crippen LogP contribution < -0.4 is 10.1 Å². The van der Waals surface area contributed by atoms with E-state index in [-0.39, 0.29) is 12.6 Å². The summed E-state index contributed by atoms with van der Waals surface area (Å²) in [5, 5.41) is 14.2. The summed E-state index contributed by atoms with van der Waals surface area (Å²) in [7, 11) is 0. The average Bonchev–Trinajstić information content (AvgIpc) is 3.43. The van der Waals surface area contributed by atoms with E-state index < -0.39 is 6.10 Å². The van der Waals surface area contributed by atoms with Crippen molar-refractivity contribution < 1.29 is 23.8 Å². The number of aromatic nitrogens is 1. The molecule has 0 saturated heterocycles. The van der Waals surface area contributed by atoms with Gasteiger partial charge in [0.1, 0.15) is 24.2 Å². The minimum absolute atomic E-state index is 0.114. The minimum atomic E-state index is -0.700. The second-order valence-corrected chi connectivity index (χ2v) is 8.21. The molecule has 0 fully saturated rings. The SMILES string of the molecule is CCOC(=O)c1c(C)n(-c2ccc(C)cc2)c2ccc(OC[C@H](O)CNCc3ccco3)cc12. The van der Waals surface area contributed by atoms with Crippen LogP contribution in [0.5, 0.6) is 5.75 Å². The third kappa shape index (κ3) is 5.16. The lowest BCUT2D eigenvalue weighted by molar-refractivity contribution is 0.0527. The summed E-state index contributed by atoms with van der Waals surface area (Å²) in [6.45, 7) is 7.05. The molecule has 7 heteroatoms. The smallest absolute Gasteiger partial charge is 0.340 e. The predicted octanol–water partition coefficient (Wildman–Crippen LogP) is 4.55. The molecular formula is C27H30N2O5. The van der Waals surface area contributed by atoms with Gasteiger partial charge in [-0.05, 0) is 63.2 Å². The molecule has 2 heterocycles. The second kappa shape index (κ2) is 10.6. The number of nitrogens with zero attached hydrogens (tertiary/aromatic N) is 1. The van der Waals surface area contributed by atoms with Crippen LogP contribution >= 0.6 is 0 Å². The van der Waals surface area contributed by atoms with Gasteiger partial charge in [-0.25, -0.2) is 4.79 Å². The highest BCUT2D eigenvalue weighted by Crippen LogP contribution is 2.32. The van der Waals surface area contributed by atoms with Gasteiger partial charge in [0.05, 0.1) is 30.5 Å². The molecule has 0 amide bonds. The molecule has 7 nitrogen and oxygen atoms in total.